The largest absolute Gasteiger partial charge is 0.356 e. The summed E-state index contributed by atoms with van der Waals surface area (Å²) >= 11 is 0. The highest BCUT2D eigenvalue weighted by atomic mass is 19.1. The lowest BCUT2D eigenvalue weighted by atomic mass is 10.1. The molecule has 1 N–H and O–H groups in total. The fraction of sp³-hybridized carbons (Fsp3) is 0.118. The van der Waals surface area contributed by atoms with E-state index in [0.29, 0.717) is 11.5 Å². The van der Waals surface area contributed by atoms with Crippen molar-refractivity contribution >= 4 is 11.7 Å². The maximum absolute atomic E-state index is 13.7. The van der Waals surface area contributed by atoms with Gasteiger partial charge in [0, 0.05) is 18.3 Å². The predicted octanol–water partition coefficient (Wildman–Crippen LogP) is 3.50. The highest BCUT2D eigenvalue weighted by molar-refractivity contribution is 5.91. The zero-order chi connectivity index (χ0) is 17.1. The molecule has 3 aromatic rings. The lowest BCUT2D eigenvalue weighted by Crippen LogP contribution is -2.15. The normalized spacial score (nSPS) is 10.6. The molecular formula is C17H13F2N3O2. The molecule has 2 heterocycles. The topological polar surface area (TPSA) is 68.0 Å². The molecule has 1 amide bonds. The zero-order valence-corrected chi connectivity index (χ0v) is 12.7. The van der Waals surface area contributed by atoms with Crippen molar-refractivity contribution in [2.24, 2.45) is 0 Å². The second-order valence-electron chi connectivity index (χ2n) is 5.25. The van der Waals surface area contributed by atoms with Crippen molar-refractivity contribution in [1.29, 1.82) is 0 Å². The molecule has 0 aliphatic heterocycles. The van der Waals surface area contributed by atoms with Crippen LogP contribution in [0, 0.1) is 18.6 Å². The Labute approximate surface area is 136 Å². The molecule has 0 bridgehead atoms. The Bertz CT molecular complexity index is 893. The molecule has 0 saturated carbocycles. The van der Waals surface area contributed by atoms with Gasteiger partial charge < -0.3 is 9.84 Å². The Morgan fingerprint density at radius 2 is 2.04 bits per heavy atom. The van der Waals surface area contributed by atoms with Crippen LogP contribution in [0.2, 0.25) is 0 Å². The van der Waals surface area contributed by atoms with E-state index in [1.165, 1.54) is 12.1 Å². The third kappa shape index (κ3) is 3.62. The van der Waals surface area contributed by atoms with E-state index in [-0.39, 0.29) is 23.7 Å². The Kier molecular flexibility index (Phi) is 4.33. The number of pyridine rings is 1. The average molecular weight is 329 g/mol. The lowest BCUT2D eigenvalue weighted by molar-refractivity contribution is -0.115. The van der Waals surface area contributed by atoms with Gasteiger partial charge in [0.15, 0.2) is 5.76 Å². The number of anilines is 1. The number of rotatable bonds is 4. The molecule has 0 fully saturated rings. The number of aryl methyl sites for hydroxylation is 1. The maximum Gasteiger partial charge on any atom is 0.231 e. The smallest absolute Gasteiger partial charge is 0.231 e. The number of nitrogens with one attached hydrogen (secondary N) is 1. The predicted molar refractivity (Wildman–Crippen MR) is 83.2 cm³/mol. The molecule has 0 spiro atoms. The van der Waals surface area contributed by atoms with E-state index >= 15 is 0 Å². The fourth-order valence-corrected chi connectivity index (χ4v) is 2.17. The summed E-state index contributed by atoms with van der Waals surface area (Å²) in [5, 5.41) is 6.38. The van der Waals surface area contributed by atoms with E-state index in [4.69, 9.17) is 4.52 Å². The van der Waals surface area contributed by atoms with E-state index in [1.54, 1.807) is 12.3 Å². The van der Waals surface area contributed by atoms with Crippen LogP contribution in [-0.2, 0) is 11.2 Å². The summed E-state index contributed by atoms with van der Waals surface area (Å²) in [7, 11) is 0. The quantitative estimate of drug-likeness (QED) is 0.795. The number of carbonyl (C=O) groups excluding carboxylic acids is 1. The SMILES string of the molecule is Cc1ccnc(NC(=O)Cc2cc(-c3ccc(F)cc3F)on2)c1. The van der Waals surface area contributed by atoms with Crippen LogP contribution in [-0.4, -0.2) is 16.0 Å². The summed E-state index contributed by atoms with van der Waals surface area (Å²) in [6.45, 7) is 1.89. The number of benzene rings is 1. The van der Waals surface area contributed by atoms with Crippen LogP contribution < -0.4 is 5.32 Å². The van der Waals surface area contributed by atoms with Gasteiger partial charge in [-0.1, -0.05) is 5.16 Å². The van der Waals surface area contributed by atoms with Gasteiger partial charge in [0.05, 0.1) is 17.7 Å². The van der Waals surface area contributed by atoms with Crippen LogP contribution in [0.3, 0.4) is 0 Å². The fourth-order valence-electron chi connectivity index (χ4n) is 2.17. The summed E-state index contributed by atoms with van der Waals surface area (Å²) in [6.07, 6.45) is 1.54. The van der Waals surface area contributed by atoms with Crippen LogP contribution in [0.5, 0.6) is 0 Å². The average Bonchev–Trinajstić information content (AvgIpc) is 2.95. The van der Waals surface area contributed by atoms with Crippen LogP contribution >= 0.6 is 0 Å². The van der Waals surface area contributed by atoms with E-state index in [2.05, 4.69) is 15.5 Å². The third-order valence-electron chi connectivity index (χ3n) is 3.28. The van der Waals surface area contributed by atoms with Gasteiger partial charge in [0.25, 0.3) is 0 Å². The van der Waals surface area contributed by atoms with Gasteiger partial charge >= 0.3 is 0 Å². The standard InChI is InChI=1S/C17H13F2N3O2/c1-10-4-5-20-16(6-10)21-17(23)9-12-8-15(24-22-12)13-3-2-11(18)7-14(13)19/h2-8H,9H2,1H3,(H,20,21,23). The first-order chi connectivity index (χ1) is 11.5. The number of hydrogen-bond donors (Lipinski definition) is 1. The van der Waals surface area contributed by atoms with Crippen LogP contribution in [0.25, 0.3) is 11.3 Å². The number of hydrogen-bond acceptors (Lipinski definition) is 4. The van der Waals surface area contributed by atoms with Gasteiger partial charge in [-0.15, -0.1) is 0 Å². The van der Waals surface area contributed by atoms with E-state index < -0.39 is 11.6 Å². The molecule has 1 aromatic carbocycles. The molecule has 0 unspecified atom stereocenters. The summed E-state index contributed by atoms with van der Waals surface area (Å²) in [6, 6.07) is 8.13. The minimum atomic E-state index is -0.758. The van der Waals surface area contributed by atoms with Crippen molar-refractivity contribution in [3.8, 4) is 11.3 Å². The van der Waals surface area contributed by atoms with Gasteiger partial charge in [-0.05, 0) is 36.8 Å². The maximum atomic E-state index is 13.7. The van der Waals surface area contributed by atoms with Crippen LogP contribution in [0.15, 0.2) is 47.1 Å². The molecule has 2 aromatic heterocycles. The molecule has 0 aliphatic rings. The van der Waals surface area contributed by atoms with Crippen LogP contribution in [0.4, 0.5) is 14.6 Å². The zero-order valence-electron chi connectivity index (χ0n) is 12.7. The van der Waals surface area contributed by atoms with E-state index in [1.807, 2.05) is 13.0 Å². The van der Waals surface area contributed by atoms with E-state index in [9.17, 15) is 13.6 Å². The van der Waals surface area contributed by atoms with Gasteiger partial charge in [0.1, 0.15) is 17.5 Å². The Balaban J connectivity index is 1.70. The summed E-state index contributed by atoms with van der Waals surface area (Å²) in [5.41, 5.74) is 1.38. The van der Waals surface area contributed by atoms with E-state index in [0.717, 1.165) is 17.7 Å². The second-order valence-corrected chi connectivity index (χ2v) is 5.25. The first kappa shape index (κ1) is 15.8. The van der Waals surface area contributed by atoms with Gasteiger partial charge in [-0.2, -0.15) is 0 Å². The molecule has 0 saturated heterocycles. The highest BCUT2D eigenvalue weighted by Gasteiger charge is 2.14. The van der Waals surface area contributed by atoms with Gasteiger partial charge in [-0.3, -0.25) is 4.79 Å². The van der Waals surface area contributed by atoms with Crippen molar-refractivity contribution in [3.05, 3.63) is 65.5 Å². The molecule has 0 atom stereocenters. The summed E-state index contributed by atoms with van der Waals surface area (Å²) in [4.78, 5) is 16.0. The number of carbonyl (C=O) groups is 1. The Hall–Kier alpha value is -3.09. The first-order valence-electron chi connectivity index (χ1n) is 7.15. The molecule has 5 nitrogen and oxygen atoms in total. The van der Waals surface area contributed by atoms with Crippen LogP contribution in [0.1, 0.15) is 11.3 Å². The Morgan fingerprint density at radius 1 is 1.21 bits per heavy atom. The van der Waals surface area contributed by atoms with Crippen molar-refractivity contribution in [3.63, 3.8) is 0 Å². The molecule has 122 valence electrons. The number of nitrogens with zero attached hydrogens (tertiary/aromatic N) is 2. The van der Waals surface area contributed by atoms with Crippen molar-refractivity contribution in [2.45, 2.75) is 13.3 Å². The monoisotopic (exact) mass is 329 g/mol. The summed E-state index contributed by atoms with van der Waals surface area (Å²) < 4.78 is 31.7. The summed E-state index contributed by atoms with van der Waals surface area (Å²) in [5.74, 6) is -1.20. The molecule has 7 heteroatoms. The Morgan fingerprint density at radius 3 is 2.79 bits per heavy atom. The van der Waals surface area contributed by atoms with Gasteiger partial charge in [0.2, 0.25) is 5.91 Å². The van der Waals surface area contributed by atoms with Crippen molar-refractivity contribution < 1.29 is 18.1 Å². The minimum Gasteiger partial charge on any atom is -0.356 e. The molecular weight excluding hydrogens is 316 g/mol. The third-order valence-corrected chi connectivity index (χ3v) is 3.28. The molecule has 0 aliphatic carbocycles. The van der Waals surface area contributed by atoms with Crippen molar-refractivity contribution in [1.82, 2.24) is 10.1 Å². The minimum absolute atomic E-state index is 0.0536. The number of aromatic nitrogens is 2. The van der Waals surface area contributed by atoms with Gasteiger partial charge in [-0.25, -0.2) is 13.8 Å². The van der Waals surface area contributed by atoms with Crippen molar-refractivity contribution in [2.75, 3.05) is 5.32 Å². The number of amides is 1. The molecule has 24 heavy (non-hydrogen) atoms. The second kappa shape index (κ2) is 6.57. The highest BCUT2D eigenvalue weighted by Crippen LogP contribution is 2.24. The number of halogens is 2. The molecule has 0 radical (unpaired) electrons. The molecule has 3 rings (SSSR count). The first-order valence-corrected chi connectivity index (χ1v) is 7.15. The lowest BCUT2D eigenvalue weighted by Gasteiger charge is -2.03.